The Morgan fingerprint density at radius 3 is 2.56 bits per heavy atom. The molecule has 1 saturated carbocycles. The SMILES string of the molecule is Cc1nc(F)ccc1[C@H](Nc1cc(Cl)c2ncc(C#N)c(NCC(C)(C)C)c2c1)/C(N)=C/N(N)C1(C(=O)O)CC(F)(F)C1. The summed E-state index contributed by atoms with van der Waals surface area (Å²) in [5.41, 5.74) is 6.52. The minimum Gasteiger partial charge on any atom is -0.479 e. The van der Waals surface area contributed by atoms with E-state index in [-0.39, 0.29) is 21.8 Å². The lowest BCUT2D eigenvalue weighted by molar-refractivity contribution is -0.195. The van der Waals surface area contributed by atoms with Crippen molar-refractivity contribution in [3.05, 3.63) is 70.2 Å². The summed E-state index contributed by atoms with van der Waals surface area (Å²) in [7, 11) is 0. The molecule has 0 amide bonds. The fourth-order valence-electron chi connectivity index (χ4n) is 4.93. The Labute approximate surface area is 251 Å². The molecule has 0 spiro atoms. The number of pyridine rings is 2. The lowest BCUT2D eigenvalue weighted by Crippen LogP contribution is -2.67. The molecule has 1 aliphatic carbocycles. The van der Waals surface area contributed by atoms with Crippen molar-refractivity contribution in [2.45, 2.75) is 58.0 Å². The second-order valence-electron chi connectivity index (χ2n) is 11.9. The predicted molar refractivity (Wildman–Crippen MR) is 158 cm³/mol. The van der Waals surface area contributed by atoms with Crippen LogP contribution in [0.4, 0.5) is 24.5 Å². The monoisotopic (exact) mass is 616 g/mol. The molecule has 43 heavy (non-hydrogen) atoms. The Balaban J connectivity index is 1.81. The lowest BCUT2D eigenvalue weighted by atomic mass is 9.73. The number of hydrazine groups is 1. The molecule has 1 aromatic carbocycles. The number of carboxylic acids is 1. The molecule has 0 bridgehead atoms. The first kappa shape index (κ1) is 31.7. The van der Waals surface area contributed by atoms with Gasteiger partial charge in [-0.1, -0.05) is 38.4 Å². The molecule has 0 unspecified atom stereocenters. The van der Waals surface area contributed by atoms with Crippen molar-refractivity contribution in [2.24, 2.45) is 17.0 Å². The van der Waals surface area contributed by atoms with Gasteiger partial charge in [-0.05, 0) is 30.5 Å². The van der Waals surface area contributed by atoms with Crippen molar-refractivity contribution >= 4 is 39.8 Å². The molecular formula is C29H32ClF3N8O2. The average molecular weight is 617 g/mol. The first-order valence-electron chi connectivity index (χ1n) is 13.2. The van der Waals surface area contributed by atoms with E-state index in [1.165, 1.54) is 12.3 Å². The van der Waals surface area contributed by atoms with E-state index in [9.17, 15) is 28.3 Å². The number of benzene rings is 1. The summed E-state index contributed by atoms with van der Waals surface area (Å²) in [4.78, 5) is 20.2. The Morgan fingerprint density at radius 1 is 1.33 bits per heavy atom. The van der Waals surface area contributed by atoms with Crippen LogP contribution in [0, 0.1) is 29.6 Å². The van der Waals surface area contributed by atoms with Gasteiger partial charge < -0.3 is 21.5 Å². The molecule has 14 heteroatoms. The fourth-order valence-corrected chi connectivity index (χ4v) is 5.20. The van der Waals surface area contributed by atoms with Crippen LogP contribution in [0.1, 0.15) is 56.5 Å². The van der Waals surface area contributed by atoms with Crippen molar-refractivity contribution in [3.8, 4) is 6.07 Å². The Hall–Kier alpha value is -4.28. The minimum absolute atomic E-state index is 0.0685. The van der Waals surface area contributed by atoms with Gasteiger partial charge in [0.05, 0.1) is 33.5 Å². The number of anilines is 2. The third-order valence-electron chi connectivity index (χ3n) is 7.17. The van der Waals surface area contributed by atoms with Crippen LogP contribution in [0.2, 0.25) is 5.02 Å². The van der Waals surface area contributed by atoms with Gasteiger partial charge in [0, 0.05) is 54.1 Å². The van der Waals surface area contributed by atoms with Crippen LogP contribution in [0.5, 0.6) is 0 Å². The summed E-state index contributed by atoms with van der Waals surface area (Å²) in [5, 5.41) is 27.5. The second kappa shape index (κ2) is 11.4. The summed E-state index contributed by atoms with van der Waals surface area (Å²) in [6.07, 6.45) is 0.507. The van der Waals surface area contributed by atoms with E-state index in [1.54, 1.807) is 19.1 Å². The number of nitrogens with two attached hydrogens (primary N) is 2. The molecule has 0 radical (unpaired) electrons. The normalized spacial score (nSPS) is 16.6. The quantitative estimate of drug-likeness (QED) is 0.119. The predicted octanol–water partition coefficient (Wildman–Crippen LogP) is 5.44. The molecule has 2 aromatic heterocycles. The summed E-state index contributed by atoms with van der Waals surface area (Å²) in [6, 6.07) is 7.00. The van der Waals surface area contributed by atoms with Crippen LogP contribution >= 0.6 is 11.6 Å². The van der Waals surface area contributed by atoms with Crippen molar-refractivity contribution in [1.82, 2.24) is 15.0 Å². The molecule has 1 aliphatic rings. The number of aliphatic carboxylic acids is 1. The maximum Gasteiger partial charge on any atom is 0.331 e. The number of carbonyl (C=O) groups is 1. The molecule has 0 aliphatic heterocycles. The van der Waals surface area contributed by atoms with Crippen LogP contribution in [0.3, 0.4) is 0 Å². The molecule has 7 N–H and O–H groups in total. The summed E-state index contributed by atoms with van der Waals surface area (Å²) >= 11 is 6.63. The van der Waals surface area contributed by atoms with Gasteiger partial charge in [0.1, 0.15) is 6.07 Å². The summed E-state index contributed by atoms with van der Waals surface area (Å²) in [6.45, 7) is 8.19. The van der Waals surface area contributed by atoms with Gasteiger partial charge >= 0.3 is 5.97 Å². The van der Waals surface area contributed by atoms with E-state index >= 15 is 0 Å². The zero-order valence-corrected chi connectivity index (χ0v) is 24.7. The van der Waals surface area contributed by atoms with Gasteiger partial charge in [-0.25, -0.2) is 24.4 Å². The van der Waals surface area contributed by atoms with Gasteiger partial charge in [0.2, 0.25) is 5.95 Å². The molecule has 2 heterocycles. The highest BCUT2D eigenvalue weighted by atomic mass is 35.5. The lowest BCUT2D eigenvalue weighted by Gasteiger charge is -2.48. The highest BCUT2D eigenvalue weighted by Gasteiger charge is 2.64. The first-order chi connectivity index (χ1) is 20.0. The average Bonchev–Trinajstić information content (AvgIpc) is 2.88. The van der Waals surface area contributed by atoms with E-state index in [0.717, 1.165) is 12.3 Å². The van der Waals surface area contributed by atoms with Crippen molar-refractivity contribution < 1.29 is 23.1 Å². The van der Waals surface area contributed by atoms with Gasteiger partial charge in [0.25, 0.3) is 5.92 Å². The topological polar surface area (TPSA) is 166 Å². The fraction of sp³-hybridized carbons (Fsp3) is 0.379. The van der Waals surface area contributed by atoms with Crippen LogP contribution in [0.25, 0.3) is 10.9 Å². The highest BCUT2D eigenvalue weighted by molar-refractivity contribution is 6.35. The van der Waals surface area contributed by atoms with Gasteiger partial charge in [-0.2, -0.15) is 9.65 Å². The van der Waals surface area contributed by atoms with Gasteiger partial charge in [0.15, 0.2) is 5.54 Å². The first-order valence-corrected chi connectivity index (χ1v) is 13.6. The maximum absolute atomic E-state index is 13.9. The van der Waals surface area contributed by atoms with E-state index in [0.29, 0.717) is 45.0 Å². The number of aromatic nitrogens is 2. The Bertz CT molecular complexity index is 1640. The second-order valence-corrected chi connectivity index (χ2v) is 12.3. The van der Waals surface area contributed by atoms with Crippen molar-refractivity contribution in [3.63, 3.8) is 0 Å². The molecule has 1 fully saturated rings. The number of nitrogens with one attached hydrogen (secondary N) is 2. The third-order valence-corrected chi connectivity index (χ3v) is 7.46. The molecule has 4 rings (SSSR count). The van der Waals surface area contributed by atoms with Crippen LogP contribution < -0.4 is 22.2 Å². The van der Waals surface area contributed by atoms with Gasteiger partial charge in [-0.15, -0.1) is 0 Å². The number of rotatable bonds is 9. The van der Waals surface area contributed by atoms with Crippen LogP contribution in [0.15, 0.2) is 42.4 Å². The molecule has 0 saturated heterocycles. The smallest absolute Gasteiger partial charge is 0.331 e. The molecule has 1 atom stereocenters. The van der Waals surface area contributed by atoms with Crippen LogP contribution in [-0.4, -0.2) is 44.1 Å². The van der Waals surface area contributed by atoms with E-state index in [2.05, 4.69) is 26.7 Å². The Morgan fingerprint density at radius 2 is 2.00 bits per heavy atom. The molecule has 10 nitrogen and oxygen atoms in total. The van der Waals surface area contributed by atoms with Gasteiger partial charge in [-0.3, -0.25) is 9.99 Å². The number of halogens is 4. The molecule has 228 valence electrons. The summed E-state index contributed by atoms with van der Waals surface area (Å²) in [5.74, 6) is 0.573. The largest absolute Gasteiger partial charge is 0.479 e. The number of nitriles is 1. The number of aryl methyl sites for hydroxylation is 1. The number of hydrogen-bond acceptors (Lipinski definition) is 9. The van der Waals surface area contributed by atoms with E-state index < -0.39 is 42.3 Å². The molecular weight excluding hydrogens is 585 g/mol. The minimum atomic E-state index is -3.19. The number of alkyl halides is 2. The summed E-state index contributed by atoms with van der Waals surface area (Å²) < 4.78 is 41.5. The van der Waals surface area contributed by atoms with Crippen molar-refractivity contribution in [2.75, 3.05) is 17.2 Å². The standard InChI is InChI=1S/C29H32ClF3N8O2/c1-15-18(5-6-22(31)39-15)25(21(35)11-41(36)28(26(42)43)12-29(32,33)13-28)40-17-7-19-23(38-14-27(2,3)4)16(9-34)10-37-24(19)20(30)8-17/h5-8,10-11,25,40H,12-14,35-36H2,1-4H3,(H,37,38)(H,42,43)/b21-11-/t25-/m0/s1. The maximum atomic E-state index is 13.9. The van der Waals surface area contributed by atoms with Crippen LogP contribution in [-0.2, 0) is 4.79 Å². The number of hydrogen-bond donors (Lipinski definition) is 5. The number of fused-ring (bicyclic) bond motifs is 1. The zero-order chi connectivity index (χ0) is 31.9. The van der Waals surface area contributed by atoms with E-state index in [4.69, 9.17) is 23.2 Å². The highest BCUT2D eigenvalue weighted by Crippen LogP contribution is 2.49. The third kappa shape index (κ3) is 6.55. The van der Waals surface area contributed by atoms with Crippen molar-refractivity contribution in [1.29, 1.82) is 5.26 Å². The zero-order valence-electron chi connectivity index (χ0n) is 24.0. The molecule has 3 aromatic rings. The Kier molecular flexibility index (Phi) is 8.41. The number of carboxylic acid groups (broad SMARTS) is 1. The van der Waals surface area contributed by atoms with E-state index in [1.807, 2.05) is 20.8 Å². The number of nitrogens with zero attached hydrogens (tertiary/aromatic N) is 4.